The number of hydrogen-bond donors (Lipinski definition) is 0. The molecule has 0 N–H and O–H groups in total. The summed E-state index contributed by atoms with van der Waals surface area (Å²) in [6, 6.07) is 20.6. The minimum absolute atomic E-state index is 0.879. The highest BCUT2D eigenvalue weighted by molar-refractivity contribution is 7.18. The number of benzene rings is 2. The molecule has 0 radical (unpaired) electrons. The smallest absolute Gasteiger partial charge is 0.119 e. The normalized spacial score (nSPS) is 10.4. The molecule has 3 rings (SSSR count). The maximum Gasteiger partial charge on any atom is 0.119 e. The number of hydrogen-bond acceptors (Lipinski definition) is 3. The van der Waals surface area contributed by atoms with Crippen LogP contribution in [0.3, 0.4) is 0 Å². The molecule has 0 fully saturated rings. The SMILES string of the molecule is COc1cccc(-c2ccc(-c3cccc(OC)c3)s2)c1. The van der Waals surface area contributed by atoms with Crippen LogP contribution in [-0.2, 0) is 0 Å². The molecule has 106 valence electrons. The molecule has 0 spiro atoms. The van der Waals surface area contributed by atoms with Crippen molar-refractivity contribution in [3.05, 3.63) is 60.7 Å². The third-order valence-corrected chi connectivity index (χ3v) is 4.50. The van der Waals surface area contributed by atoms with E-state index in [1.165, 1.54) is 20.9 Å². The van der Waals surface area contributed by atoms with Crippen molar-refractivity contribution >= 4 is 11.3 Å². The predicted octanol–water partition coefficient (Wildman–Crippen LogP) is 5.10. The summed E-state index contributed by atoms with van der Waals surface area (Å²) in [5.41, 5.74) is 2.35. The zero-order valence-electron chi connectivity index (χ0n) is 12.0. The topological polar surface area (TPSA) is 18.5 Å². The molecule has 1 aromatic heterocycles. The van der Waals surface area contributed by atoms with E-state index in [-0.39, 0.29) is 0 Å². The highest BCUT2D eigenvalue weighted by atomic mass is 32.1. The highest BCUT2D eigenvalue weighted by Gasteiger charge is 2.06. The summed E-state index contributed by atoms with van der Waals surface area (Å²) >= 11 is 1.77. The molecule has 3 heteroatoms. The van der Waals surface area contributed by atoms with Gasteiger partial charge in [0.1, 0.15) is 11.5 Å². The molecule has 0 amide bonds. The largest absolute Gasteiger partial charge is 0.497 e. The van der Waals surface area contributed by atoms with Gasteiger partial charge in [-0.1, -0.05) is 24.3 Å². The number of thiophene rings is 1. The molecule has 2 nitrogen and oxygen atoms in total. The first kappa shape index (κ1) is 13.7. The molecular weight excluding hydrogens is 280 g/mol. The van der Waals surface area contributed by atoms with E-state index in [1.54, 1.807) is 25.6 Å². The molecule has 0 saturated heterocycles. The lowest BCUT2D eigenvalue weighted by atomic mass is 10.1. The van der Waals surface area contributed by atoms with E-state index in [4.69, 9.17) is 9.47 Å². The summed E-state index contributed by atoms with van der Waals surface area (Å²) in [5, 5.41) is 0. The number of methoxy groups -OCH3 is 2. The van der Waals surface area contributed by atoms with Gasteiger partial charge in [-0.25, -0.2) is 0 Å². The minimum atomic E-state index is 0.879. The van der Waals surface area contributed by atoms with Crippen LogP contribution >= 0.6 is 11.3 Å². The van der Waals surface area contributed by atoms with Crippen LogP contribution in [0, 0.1) is 0 Å². The molecular formula is C18H16O2S. The van der Waals surface area contributed by atoms with Crippen molar-refractivity contribution in [1.82, 2.24) is 0 Å². The highest BCUT2D eigenvalue weighted by Crippen LogP contribution is 2.36. The van der Waals surface area contributed by atoms with Gasteiger partial charge in [-0.3, -0.25) is 0 Å². The van der Waals surface area contributed by atoms with E-state index < -0.39 is 0 Å². The second-order valence-corrected chi connectivity index (χ2v) is 5.71. The Kier molecular flexibility index (Phi) is 3.93. The molecule has 3 aromatic rings. The van der Waals surface area contributed by atoms with Gasteiger partial charge in [0.05, 0.1) is 14.2 Å². The van der Waals surface area contributed by atoms with Crippen molar-refractivity contribution in [3.8, 4) is 32.4 Å². The van der Waals surface area contributed by atoms with E-state index in [2.05, 4.69) is 36.4 Å². The average molecular weight is 296 g/mol. The fourth-order valence-electron chi connectivity index (χ4n) is 2.20. The first-order valence-corrected chi connectivity index (χ1v) is 7.50. The molecule has 1 heterocycles. The maximum absolute atomic E-state index is 5.29. The Bertz CT molecular complexity index is 684. The molecule has 0 atom stereocenters. The van der Waals surface area contributed by atoms with Crippen molar-refractivity contribution in [2.45, 2.75) is 0 Å². The number of rotatable bonds is 4. The Balaban J connectivity index is 1.95. The van der Waals surface area contributed by atoms with Gasteiger partial charge in [0, 0.05) is 9.75 Å². The fraction of sp³-hybridized carbons (Fsp3) is 0.111. The van der Waals surface area contributed by atoms with E-state index in [9.17, 15) is 0 Å². The lowest BCUT2D eigenvalue weighted by Gasteiger charge is -2.03. The Morgan fingerprint density at radius 2 is 1.14 bits per heavy atom. The predicted molar refractivity (Wildman–Crippen MR) is 88.3 cm³/mol. The summed E-state index contributed by atoms with van der Waals surface area (Å²) in [4.78, 5) is 2.46. The van der Waals surface area contributed by atoms with E-state index in [1.807, 2.05) is 24.3 Å². The zero-order valence-corrected chi connectivity index (χ0v) is 12.8. The maximum atomic E-state index is 5.29. The van der Waals surface area contributed by atoms with Crippen LogP contribution in [0.5, 0.6) is 11.5 Å². The monoisotopic (exact) mass is 296 g/mol. The lowest BCUT2D eigenvalue weighted by Crippen LogP contribution is -1.82. The lowest BCUT2D eigenvalue weighted by molar-refractivity contribution is 0.415. The standard InChI is InChI=1S/C18H16O2S/c1-19-15-7-3-5-13(11-15)17-9-10-18(21-17)14-6-4-8-16(12-14)20-2/h3-12H,1-2H3. The van der Waals surface area contributed by atoms with Gasteiger partial charge in [-0.2, -0.15) is 0 Å². The van der Waals surface area contributed by atoms with E-state index in [0.29, 0.717) is 0 Å². The van der Waals surface area contributed by atoms with Gasteiger partial charge in [0.15, 0.2) is 0 Å². The van der Waals surface area contributed by atoms with Crippen LogP contribution in [0.2, 0.25) is 0 Å². The van der Waals surface area contributed by atoms with Crippen LogP contribution in [0.4, 0.5) is 0 Å². The van der Waals surface area contributed by atoms with Crippen LogP contribution in [-0.4, -0.2) is 14.2 Å². The Morgan fingerprint density at radius 3 is 1.57 bits per heavy atom. The van der Waals surface area contributed by atoms with Crippen LogP contribution in [0.1, 0.15) is 0 Å². The molecule has 0 bridgehead atoms. The summed E-state index contributed by atoms with van der Waals surface area (Å²) in [5.74, 6) is 1.76. The molecule has 0 saturated carbocycles. The minimum Gasteiger partial charge on any atom is -0.497 e. The summed E-state index contributed by atoms with van der Waals surface area (Å²) in [6.07, 6.45) is 0. The Labute approximate surface area is 128 Å². The third-order valence-electron chi connectivity index (χ3n) is 3.31. The van der Waals surface area contributed by atoms with Crippen LogP contribution in [0.15, 0.2) is 60.7 Å². The first-order valence-electron chi connectivity index (χ1n) is 6.69. The van der Waals surface area contributed by atoms with Crippen LogP contribution < -0.4 is 9.47 Å². The second kappa shape index (κ2) is 6.02. The van der Waals surface area contributed by atoms with Crippen LogP contribution in [0.25, 0.3) is 20.9 Å². The summed E-state index contributed by atoms with van der Waals surface area (Å²) in [7, 11) is 3.38. The van der Waals surface area contributed by atoms with Gasteiger partial charge in [-0.15, -0.1) is 11.3 Å². The van der Waals surface area contributed by atoms with E-state index >= 15 is 0 Å². The van der Waals surface area contributed by atoms with Gasteiger partial charge < -0.3 is 9.47 Å². The van der Waals surface area contributed by atoms with Gasteiger partial charge in [-0.05, 0) is 47.5 Å². The Morgan fingerprint density at radius 1 is 0.667 bits per heavy atom. The van der Waals surface area contributed by atoms with Crippen molar-refractivity contribution < 1.29 is 9.47 Å². The number of ether oxygens (including phenoxy) is 2. The van der Waals surface area contributed by atoms with E-state index in [0.717, 1.165) is 11.5 Å². The van der Waals surface area contributed by atoms with Crippen molar-refractivity contribution in [2.75, 3.05) is 14.2 Å². The van der Waals surface area contributed by atoms with Crippen molar-refractivity contribution in [1.29, 1.82) is 0 Å². The summed E-state index contributed by atoms with van der Waals surface area (Å²) < 4.78 is 10.6. The zero-order chi connectivity index (χ0) is 14.7. The first-order chi connectivity index (χ1) is 10.3. The average Bonchev–Trinajstić information content (AvgIpc) is 3.05. The van der Waals surface area contributed by atoms with Gasteiger partial charge in [0.2, 0.25) is 0 Å². The molecule has 0 aliphatic heterocycles. The molecule has 2 aromatic carbocycles. The second-order valence-electron chi connectivity index (χ2n) is 4.63. The molecule has 21 heavy (non-hydrogen) atoms. The summed E-state index contributed by atoms with van der Waals surface area (Å²) in [6.45, 7) is 0. The third kappa shape index (κ3) is 2.93. The molecule has 0 unspecified atom stereocenters. The fourth-order valence-corrected chi connectivity index (χ4v) is 3.20. The Hall–Kier alpha value is -2.26. The van der Waals surface area contributed by atoms with Crippen molar-refractivity contribution in [2.24, 2.45) is 0 Å². The quantitative estimate of drug-likeness (QED) is 0.667. The van der Waals surface area contributed by atoms with Gasteiger partial charge in [0.25, 0.3) is 0 Å². The molecule has 0 aliphatic rings. The molecule has 0 aliphatic carbocycles. The van der Waals surface area contributed by atoms with Gasteiger partial charge >= 0.3 is 0 Å². The van der Waals surface area contributed by atoms with Crippen molar-refractivity contribution in [3.63, 3.8) is 0 Å².